The summed E-state index contributed by atoms with van der Waals surface area (Å²) in [6, 6.07) is 0. The topological polar surface area (TPSA) is 46.2 Å². The van der Waals surface area contributed by atoms with Crippen LogP contribution < -0.4 is 5.73 Å². The Kier molecular flexibility index (Phi) is 3.80. The summed E-state index contributed by atoms with van der Waals surface area (Å²) < 4.78 is 0. The smallest absolute Gasteiger partial charge is 0.0764 e. The third-order valence-corrected chi connectivity index (χ3v) is 1.58. The minimum absolute atomic E-state index is 0. The first-order valence-corrected chi connectivity index (χ1v) is 2.76. The molecule has 0 aliphatic carbocycles. The maximum Gasteiger partial charge on any atom is 0.0764 e. The minimum atomic E-state index is -0.785. The van der Waals surface area contributed by atoms with Crippen LogP contribution in [0.15, 0.2) is 0 Å². The molecule has 0 unspecified atom stereocenters. The average Bonchev–Trinajstić information content (AvgIpc) is 1.25. The van der Waals surface area contributed by atoms with Gasteiger partial charge in [-0.25, -0.2) is 0 Å². The van der Waals surface area contributed by atoms with Gasteiger partial charge in [-0.1, -0.05) is 0 Å². The van der Waals surface area contributed by atoms with Gasteiger partial charge in [0.1, 0.15) is 0 Å². The maximum atomic E-state index is 9.23. The van der Waals surface area contributed by atoms with Gasteiger partial charge in [0.15, 0.2) is 0 Å². The van der Waals surface area contributed by atoms with Gasteiger partial charge in [-0.05, 0) is 27.7 Å². The number of aliphatic hydroxyl groups is 1. The van der Waals surface area contributed by atoms with Crippen LogP contribution in [0, 0.1) is 0 Å². The number of rotatable bonds is 1. The van der Waals surface area contributed by atoms with Crippen LogP contribution in [0.3, 0.4) is 0 Å². The summed E-state index contributed by atoms with van der Waals surface area (Å²) in [4.78, 5) is 0. The van der Waals surface area contributed by atoms with E-state index >= 15 is 0 Å². The summed E-state index contributed by atoms with van der Waals surface area (Å²) in [6.45, 7) is 7.00. The molecule has 3 N–H and O–H groups in total. The fourth-order valence-corrected chi connectivity index (χ4v) is 0. The highest BCUT2D eigenvalue weighted by Gasteiger charge is 2.30. The SMILES string of the molecule is CC(C)(N)C(C)(C)O.Cl. The van der Waals surface area contributed by atoms with E-state index in [-0.39, 0.29) is 12.4 Å². The molecule has 0 bridgehead atoms. The first-order valence-electron chi connectivity index (χ1n) is 2.76. The molecule has 0 aliphatic heterocycles. The highest BCUT2D eigenvalue weighted by molar-refractivity contribution is 5.85. The molecule has 0 aromatic rings. The Morgan fingerprint density at radius 3 is 1.22 bits per heavy atom. The molecular weight excluding hydrogens is 138 g/mol. The monoisotopic (exact) mass is 153 g/mol. The van der Waals surface area contributed by atoms with Gasteiger partial charge in [0.05, 0.1) is 5.60 Å². The van der Waals surface area contributed by atoms with Gasteiger partial charge >= 0.3 is 0 Å². The van der Waals surface area contributed by atoms with E-state index in [9.17, 15) is 5.11 Å². The van der Waals surface area contributed by atoms with E-state index in [2.05, 4.69) is 0 Å². The van der Waals surface area contributed by atoms with Crippen molar-refractivity contribution in [2.24, 2.45) is 5.73 Å². The summed E-state index contributed by atoms with van der Waals surface area (Å²) in [5, 5.41) is 9.23. The van der Waals surface area contributed by atoms with E-state index in [1.807, 2.05) is 0 Å². The highest BCUT2D eigenvalue weighted by Crippen LogP contribution is 2.16. The maximum absolute atomic E-state index is 9.23. The Morgan fingerprint density at radius 1 is 1.11 bits per heavy atom. The second-order valence-corrected chi connectivity index (χ2v) is 3.28. The first kappa shape index (κ1) is 11.9. The van der Waals surface area contributed by atoms with E-state index < -0.39 is 11.1 Å². The molecule has 2 nitrogen and oxygen atoms in total. The molecule has 9 heavy (non-hydrogen) atoms. The standard InChI is InChI=1S/C6H15NO.ClH/c1-5(2,7)6(3,4)8;/h8H,7H2,1-4H3;1H. The van der Waals surface area contributed by atoms with E-state index in [1.165, 1.54) is 0 Å². The molecule has 0 aliphatic rings. The fourth-order valence-electron chi connectivity index (χ4n) is 0. The molecule has 0 aromatic heterocycles. The lowest BCUT2D eigenvalue weighted by molar-refractivity contribution is 0.0144. The van der Waals surface area contributed by atoms with E-state index in [1.54, 1.807) is 27.7 Å². The zero-order chi connectivity index (χ0) is 7.00. The predicted molar refractivity (Wildman–Crippen MR) is 41.8 cm³/mol. The van der Waals surface area contributed by atoms with Crippen molar-refractivity contribution in [1.29, 1.82) is 0 Å². The summed E-state index contributed by atoms with van der Waals surface area (Å²) in [6.07, 6.45) is 0. The minimum Gasteiger partial charge on any atom is -0.389 e. The third-order valence-electron chi connectivity index (χ3n) is 1.58. The number of hydrogen-bond acceptors (Lipinski definition) is 2. The summed E-state index contributed by atoms with van der Waals surface area (Å²) in [5.41, 5.74) is 4.27. The van der Waals surface area contributed by atoms with Crippen molar-refractivity contribution in [2.75, 3.05) is 0 Å². The normalized spacial score (nSPS) is 12.7. The summed E-state index contributed by atoms with van der Waals surface area (Å²) >= 11 is 0. The molecule has 0 atom stereocenters. The van der Waals surface area contributed by atoms with Crippen molar-refractivity contribution in [3.8, 4) is 0 Å². The van der Waals surface area contributed by atoms with Crippen molar-refractivity contribution in [3.63, 3.8) is 0 Å². The lowest BCUT2D eigenvalue weighted by Gasteiger charge is -2.32. The van der Waals surface area contributed by atoms with E-state index in [0.29, 0.717) is 0 Å². The van der Waals surface area contributed by atoms with Gasteiger partial charge in [0.2, 0.25) is 0 Å². The van der Waals surface area contributed by atoms with Crippen LogP contribution in [0.25, 0.3) is 0 Å². The molecule has 0 aromatic carbocycles. The highest BCUT2D eigenvalue weighted by atomic mass is 35.5. The Hall–Kier alpha value is 0.210. The molecule has 3 heteroatoms. The molecule has 0 saturated carbocycles. The van der Waals surface area contributed by atoms with Crippen molar-refractivity contribution in [3.05, 3.63) is 0 Å². The number of hydrogen-bond donors (Lipinski definition) is 2. The van der Waals surface area contributed by atoms with Crippen molar-refractivity contribution in [2.45, 2.75) is 38.8 Å². The molecule has 0 heterocycles. The van der Waals surface area contributed by atoms with Gasteiger partial charge in [-0.3, -0.25) is 0 Å². The van der Waals surface area contributed by atoms with Crippen molar-refractivity contribution >= 4 is 12.4 Å². The number of nitrogens with two attached hydrogens (primary N) is 1. The molecular formula is C6H16ClNO. The van der Waals surface area contributed by atoms with Gasteiger partial charge in [-0.2, -0.15) is 0 Å². The van der Waals surface area contributed by atoms with Crippen LogP contribution in [-0.2, 0) is 0 Å². The van der Waals surface area contributed by atoms with Crippen LogP contribution >= 0.6 is 12.4 Å². The van der Waals surface area contributed by atoms with Gasteiger partial charge in [0, 0.05) is 5.54 Å². The Labute approximate surface area is 62.9 Å². The van der Waals surface area contributed by atoms with Crippen LogP contribution in [0.5, 0.6) is 0 Å². The van der Waals surface area contributed by atoms with Gasteiger partial charge in [-0.15, -0.1) is 12.4 Å². The van der Waals surface area contributed by atoms with Crippen LogP contribution in [0.2, 0.25) is 0 Å². The quantitative estimate of drug-likeness (QED) is 0.589. The molecule has 0 spiro atoms. The zero-order valence-corrected chi connectivity index (χ0v) is 7.25. The first-order chi connectivity index (χ1) is 3.25. The molecule has 58 valence electrons. The Morgan fingerprint density at radius 2 is 1.22 bits per heavy atom. The number of halogens is 1. The van der Waals surface area contributed by atoms with E-state index in [4.69, 9.17) is 5.73 Å². The Balaban J connectivity index is 0. The summed E-state index contributed by atoms with van der Waals surface area (Å²) in [7, 11) is 0. The zero-order valence-electron chi connectivity index (χ0n) is 6.43. The third kappa shape index (κ3) is 3.73. The van der Waals surface area contributed by atoms with Crippen LogP contribution in [0.1, 0.15) is 27.7 Å². The van der Waals surface area contributed by atoms with Crippen molar-refractivity contribution in [1.82, 2.24) is 0 Å². The van der Waals surface area contributed by atoms with Crippen molar-refractivity contribution < 1.29 is 5.11 Å². The Bertz CT molecular complexity index is 68.0. The largest absolute Gasteiger partial charge is 0.389 e. The second kappa shape index (κ2) is 2.86. The average molecular weight is 154 g/mol. The van der Waals surface area contributed by atoms with Crippen LogP contribution in [-0.4, -0.2) is 16.2 Å². The lowest BCUT2D eigenvalue weighted by Crippen LogP contribution is -2.52. The van der Waals surface area contributed by atoms with Gasteiger partial charge < -0.3 is 10.8 Å². The second-order valence-electron chi connectivity index (χ2n) is 3.28. The molecule has 0 fully saturated rings. The molecule has 0 saturated heterocycles. The van der Waals surface area contributed by atoms with Crippen LogP contribution in [0.4, 0.5) is 0 Å². The molecule has 0 radical (unpaired) electrons. The molecule has 0 amide bonds. The fraction of sp³-hybridized carbons (Fsp3) is 1.00. The van der Waals surface area contributed by atoms with E-state index in [0.717, 1.165) is 0 Å². The summed E-state index contributed by atoms with van der Waals surface area (Å²) in [5.74, 6) is 0. The predicted octanol–water partition coefficient (Wildman–Crippen LogP) is 0.916. The van der Waals surface area contributed by atoms with Gasteiger partial charge in [0.25, 0.3) is 0 Å². The lowest BCUT2D eigenvalue weighted by atomic mass is 9.87. The molecule has 0 rings (SSSR count).